The SMILES string of the molecule is NC(=O)COCCNc1cc(OC(F)F)c(F)cc1N. The van der Waals surface area contributed by atoms with Crippen molar-refractivity contribution in [2.45, 2.75) is 6.61 Å². The first-order valence-corrected chi connectivity index (χ1v) is 5.54. The van der Waals surface area contributed by atoms with E-state index in [0.29, 0.717) is 0 Å². The van der Waals surface area contributed by atoms with E-state index < -0.39 is 24.1 Å². The number of benzene rings is 1. The van der Waals surface area contributed by atoms with Crippen LogP contribution >= 0.6 is 0 Å². The van der Waals surface area contributed by atoms with Gasteiger partial charge in [0.2, 0.25) is 5.91 Å². The van der Waals surface area contributed by atoms with Crippen LogP contribution in [0.25, 0.3) is 0 Å². The van der Waals surface area contributed by atoms with E-state index >= 15 is 0 Å². The molecule has 0 unspecified atom stereocenters. The van der Waals surface area contributed by atoms with Crippen molar-refractivity contribution in [2.24, 2.45) is 5.73 Å². The highest BCUT2D eigenvalue weighted by molar-refractivity contribution is 5.75. The highest BCUT2D eigenvalue weighted by atomic mass is 19.3. The molecule has 1 aromatic carbocycles. The van der Waals surface area contributed by atoms with Crippen molar-refractivity contribution < 1.29 is 27.4 Å². The molecule has 1 rings (SSSR count). The van der Waals surface area contributed by atoms with E-state index in [9.17, 15) is 18.0 Å². The average Bonchev–Trinajstić information content (AvgIpc) is 2.33. The van der Waals surface area contributed by atoms with Gasteiger partial charge < -0.3 is 26.3 Å². The summed E-state index contributed by atoms with van der Waals surface area (Å²) < 4.78 is 46.3. The predicted octanol–water partition coefficient (Wildman–Crippen LogP) is 0.923. The van der Waals surface area contributed by atoms with Gasteiger partial charge in [-0.05, 0) is 0 Å². The van der Waals surface area contributed by atoms with E-state index in [1.807, 2.05) is 0 Å². The summed E-state index contributed by atoms with van der Waals surface area (Å²) in [5, 5.41) is 2.73. The van der Waals surface area contributed by atoms with Crippen LogP contribution in [-0.4, -0.2) is 32.3 Å². The molecule has 0 radical (unpaired) electrons. The number of nitrogen functional groups attached to an aromatic ring is 1. The fourth-order valence-corrected chi connectivity index (χ4v) is 1.34. The molecule has 1 aromatic rings. The first kappa shape index (κ1) is 15.9. The topological polar surface area (TPSA) is 99.6 Å². The second-order valence-corrected chi connectivity index (χ2v) is 3.69. The molecule has 20 heavy (non-hydrogen) atoms. The second kappa shape index (κ2) is 7.43. The molecule has 0 bridgehead atoms. The molecule has 0 aromatic heterocycles. The summed E-state index contributed by atoms with van der Waals surface area (Å²) >= 11 is 0. The van der Waals surface area contributed by atoms with Crippen molar-refractivity contribution >= 4 is 17.3 Å². The Labute approximate surface area is 112 Å². The molecule has 0 saturated carbocycles. The number of rotatable bonds is 8. The summed E-state index contributed by atoms with van der Waals surface area (Å²) in [6.45, 7) is -3.03. The van der Waals surface area contributed by atoms with Crippen LogP contribution < -0.4 is 21.5 Å². The lowest BCUT2D eigenvalue weighted by Crippen LogP contribution is -2.20. The molecule has 0 fully saturated rings. The largest absolute Gasteiger partial charge is 0.432 e. The number of carbonyl (C=O) groups is 1. The van der Waals surface area contributed by atoms with Gasteiger partial charge in [-0.25, -0.2) is 4.39 Å². The Morgan fingerprint density at radius 2 is 2.10 bits per heavy atom. The van der Waals surface area contributed by atoms with Crippen molar-refractivity contribution in [2.75, 3.05) is 30.8 Å². The molecule has 112 valence electrons. The molecule has 9 heteroatoms. The van der Waals surface area contributed by atoms with Gasteiger partial charge in [0.25, 0.3) is 0 Å². The number of ether oxygens (including phenoxy) is 2. The Hall–Kier alpha value is -2.16. The van der Waals surface area contributed by atoms with Gasteiger partial charge in [-0.2, -0.15) is 8.78 Å². The van der Waals surface area contributed by atoms with Gasteiger partial charge in [0.05, 0.1) is 18.0 Å². The molecule has 5 N–H and O–H groups in total. The zero-order chi connectivity index (χ0) is 15.1. The van der Waals surface area contributed by atoms with Crippen LogP contribution in [0.5, 0.6) is 5.75 Å². The fraction of sp³-hybridized carbons (Fsp3) is 0.364. The Kier molecular flexibility index (Phi) is 5.91. The summed E-state index contributed by atoms with van der Waals surface area (Å²) in [4.78, 5) is 10.4. The standard InChI is InChI=1S/C11H14F3N3O3/c12-6-3-7(15)8(4-9(6)20-11(13)14)17-1-2-19-5-10(16)18/h3-4,11,17H,1-2,5,15H2,(H2,16,18). The summed E-state index contributed by atoms with van der Waals surface area (Å²) in [7, 11) is 0. The Morgan fingerprint density at radius 1 is 1.40 bits per heavy atom. The molecule has 0 spiro atoms. The van der Waals surface area contributed by atoms with Crippen LogP contribution in [0.1, 0.15) is 0 Å². The molecular weight excluding hydrogens is 279 g/mol. The Morgan fingerprint density at radius 3 is 2.70 bits per heavy atom. The monoisotopic (exact) mass is 293 g/mol. The number of carbonyl (C=O) groups excluding carboxylic acids is 1. The van der Waals surface area contributed by atoms with E-state index in [1.165, 1.54) is 0 Å². The Balaban J connectivity index is 2.58. The van der Waals surface area contributed by atoms with Crippen molar-refractivity contribution in [3.05, 3.63) is 17.9 Å². The van der Waals surface area contributed by atoms with E-state index in [0.717, 1.165) is 12.1 Å². The van der Waals surface area contributed by atoms with Gasteiger partial charge in [-0.15, -0.1) is 0 Å². The first-order chi connectivity index (χ1) is 9.40. The number of hydrogen-bond donors (Lipinski definition) is 3. The zero-order valence-corrected chi connectivity index (χ0v) is 10.4. The number of nitrogens with two attached hydrogens (primary N) is 2. The van der Waals surface area contributed by atoms with Gasteiger partial charge in [-0.3, -0.25) is 4.79 Å². The lowest BCUT2D eigenvalue weighted by atomic mass is 10.2. The maximum atomic E-state index is 13.3. The molecule has 0 aliphatic heterocycles. The van der Waals surface area contributed by atoms with Gasteiger partial charge in [0, 0.05) is 18.7 Å². The summed E-state index contributed by atoms with van der Waals surface area (Å²) in [6.07, 6.45) is 0. The van der Waals surface area contributed by atoms with E-state index in [4.69, 9.17) is 16.2 Å². The molecule has 0 heterocycles. The summed E-state index contributed by atoms with van der Waals surface area (Å²) in [5.74, 6) is -2.22. The van der Waals surface area contributed by atoms with Crippen LogP contribution in [-0.2, 0) is 9.53 Å². The minimum atomic E-state index is -3.14. The minimum Gasteiger partial charge on any atom is -0.432 e. The highest BCUT2D eigenvalue weighted by Crippen LogP contribution is 2.29. The van der Waals surface area contributed by atoms with Gasteiger partial charge in [0.15, 0.2) is 11.6 Å². The first-order valence-electron chi connectivity index (χ1n) is 5.54. The summed E-state index contributed by atoms with van der Waals surface area (Å²) in [6, 6.07) is 1.88. The molecule has 0 aliphatic rings. The Bertz CT molecular complexity index is 472. The third-order valence-corrected chi connectivity index (χ3v) is 2.13. The van der Waals surface area contributed by atoms with Crippen molar-refractivity contribution in [3.63, 3.8) is 0 Å². The number of nitrogens with one attached hydrogen (secondary N) is 1. The normalized spacial score (nSPS) is 10.6. The number of anilines is 2. The third kappa shape index (κ3) is 5.22. The molecule has 1 amide bonds. The van der Waals surface area contributed by atoms with Crippen LogP contribution in [0.3, 0.4) is 0 Å². The summed E-state index contributed by atoms with van der Waals surface area (Å²) in [5.41, 5.74) is 10.6. The smallest absolute Gasteiger partial charge is 0.387 e. The van der Waals surface area contributed by atoms with E-state index in [2.05, 4.69) is 10.1 Å². The highest BCUT2D eigenvalue weighted by Gasteiger charge is 2.13. The molecular formula is C11H14F3N3O3. The van der Waals surface area contributed by atoms with Crippen molar-refractivity contribution in [1.29, 1.82) is 0 Å². The zero-order valence-electron chi connectivity index (χ0n) is 10.4. The van der Waals surface area contributed by atoms with Crippen LogP contribution in [0, 0.1) is 5.82 Å². The number of hydrogen-bond acceptors (Lipinski definition) is 5. The lowest BCUT2D eigenvalue weighted by Gasteiger charge is -2.12. The number of primary amides is 1. The van der Waals surface area contributed by atoms with Crippen LogP contribution in [0.2, 0.25) is 0 Å². The van der Waals surface area contributed by atoms with Gasteiger partial charge in [0.1, 0.15) is 6.61 Å². The van der Waals surface area contributed by atoms with Crippen LogP contribution in [0.15, 0.2) is 12.1 Å². The van der Waals surface area contributed by atoms with E-state index in [-0.39, 0.29) is 31.1 Å². The second-order valence-electron chi connectivity index (χ2n) is 3.69. The average molecular weight is 293 g/mol. The maximum Gasteiger partial charge on any atom is 0.387 e. The maximum absolute atomic E-state index is 13.3. The minimum absolute atomic E-state index is 0.0269. The van der Waals surface area contributed by atoms with E-state index in [1.54, 1.807) is 0 Å². The number of halogens is 3. The molecule has 0 saturated heterocycles. The lowest BCUT2D eigenvalue weighted by molar-refractivity contribution is -0.122. The van der Waals surface area contributed by atoms with Crippen LogP contribution in [0.4, 0.5) is 24.5 Å². The van der Waals surface area contributed by atoms with Gasteiger partial charge in [-0.1, -0.05) is 0 Å². The number of alkyl halides is 2. The quantitative estimate of drug-likeness (QED) is 0.489. The molecule has 6 nitrogen and oxygen atoms in total. The predicted molar refractivity (Wildman–Crippen MR) is 65.9 cm³/mol. The fourth-order valence-electron chi connectivity index (χ4n) is 1.34. The number of amides is 1. The van der Waals surface area contributed by atoms with Gasteiger partial charge >= 0.3 is 6.61 Å². The van der Waals surface area contributed by atoms with Crippen molar-refractivity contribution in [1.82, 2.24) is 0 Å². The molecule has 0 atom stereocenters. The third-order valence-electron chi connectivity index (χ3n) is 2.13. The molecule has 0 aliphatic carbocycles. The van der Waals surface area contributed by atoms with Crippen molar-refractivity contribution in [3.8, 4) is 5.75 Å².